The molecule has 6 nitrogen and oxygen atoms in total. The van der Waals surface area contributed by atoms with Gasteiger partial charge in [0.15, 0.2) is 0 Å². The topological polar surface area (TPSA) is 81.1 Å². The number of nitrogens with zero attached hydrogens (tertiary/aromatic N) is 2. The van der Waals surface area contributed by atoms with Crippen LogP contribution in [0.5, 0.6) is 0 Å². The maximum atomic E-state index is 12.1. The van der Waals surface area contributed by atoms with E-state index in [4.69, 9.17) is 10.2 Å². The molecule has 0 aliphatic heterocycles. The Morgan fingerprint density at radius 3 is 2.05 bits per heavy atom. The summed E-state index contributed by atoms with van der Waals surface area (Å²) in [6, 6.07) is 9.33. The van der Waals surface area contributed by atoms with Crippen molar-refractivity contribution in [1.29, 1.82) is 0 Å². The van der Waals surface area contributed by atoms with Gasteiger partial charge in [-0.1, -0.05) is 18.2 Å². The molecule has 0 atom stereocenters. The van der Waals surface area contributed by atoms with Gasteiger partial charge < -0.3 is 20.0 Å². The lowest BCUT2D eigenvalue weighted by atomic mass is 10.2. The molecule has 0 spiro atoms. The number of rotatable bonds is 9. The summed E-state index contributed by atoms with van der Waals surface area (Å²) >= 11 is 0. The minimum absolute atomic E-state index is 0.0464. The third-order valence-corrected chi connectivity index (χ3v) is 3.39. The number of carbonyl (C=O) groups is 2. The molecule has 122 valence electrons. The molecule has 0 unspecified atom stereocenters. The van der Waals surface area contributed by atoms with Crippen LogP contribution in [0.2, 0.25) is 0 Å². The summed E-state index contributed by atoms with van der Waals surface area (Å²) in [5.41, 5.74) is 0.820. The van der Waals surface area contributed by atoms with E-state index >= 15 is 0 Å². The molecule has 0 aliphatic rings. The third kappa shape index (κ3) is 5.83. The number of hydrogen-bond acceptors (Lipinski definition) is 4. The predicted molar refractivity (Wildman–Crippen MR) is 84.5 cm³/mol. The van der Waals surface area contributed by atoms with E-state index in [9.17, 15) is 9.59 Å². The van der Waals surface area contributed by atoms with Crippen LogP contribution < -0.4 is 4.90 Å². The molecule has 22 heavy (non-hydrogen) atoms. The molecular weight excluding hydrogens is 284 g/mol. The smallest absolute Gasteiger partial charge is 0.226 e. The van der Waals surface area contributed by atoms with Gasteiger partial charge in [-0.2, -0.15) is 0 Å². The highest BCUT2D eigenvalue weighted by Crippen LogP contribution is 2.13. The standard InChI is InChI=1S/C16H24N2O4/c1-17(14-6-3-2-4-7-14)15(21)8-5-9-16(22)18(10-12-19)11-13-20/h2-4,6-7,19-20H,5,8-13H2,1H3. The van der Waals surface area contributed by atoms with Gasteiger partial charge in [-0.15, -0.1) is 0 Å². The van der Waals surface area contributed by atoms with E-state index in [1.807, 2.05) is 30.3 Å². The lowest BCUT2D eigenvalue weighted by Gasteiger charge is -2.21. The van der Waals surface area contributed by atoms with Gasteiger partial charge in [0.25, 0.3) is 0 Å². The Balaban J connectivity index is 2.39. The van der Waals surface area contributed by atoms with Crippen LogP contribution in [0.15, 0.2) is 30.3 Å². The Morgan fingerprint density at radius 1 is 0.955 bits per heavy atom. The highest BCUT2D eigenvalue weighted by Gasteiger charge is 2.15. The second-order valence-corrected chi connectivity index (χ2v) is 4.97. The lowest BCUT2D eigenvalue weighted by Crippen LogP contribution is -2.36. The zero-order valence-corrected chi connectivity index (χ0v) is 12.9. The number of aliphatic hydroxyl groups is 2. The van der Waals surface area contributed by atoms with Gasteiger partial charge in [0, 0.05) is 38.7 Å². The molecule has 6 heteroatoms. The van der Waals surface area contributed by atoms with Crippen LogP contribution in [0, 0.1) is 0 Å². The van der Waals surface area contributed by atoms with Gasteiger partial charge in [0.2, 0.25) is 11.8 Å². The van der Waals surface area contributed by atoms with Crippen molar-refractivity contribution in [3.8, 4) is 0 Å². The van der Waals surface area contributed by atoms with Crippen LogP contribution in [0.1, 0.15) is 19.3 Å². The monoisotopic (exact) mass is 308 g/mol. The first-order chi connectivity index (χ1) is 10.6. The molecule has 0 radical (unpaired) electrons. The third-order valence-electron chi connectivity index (χ3n) is 3.39. The number of anilines is 1. The van der Waals surface area contributed by atoms with Crippen LogP contribution in [0.3, 0.4) is 0 Å². The number of carbonyl (C=O) groups excluding carboxylic acids is 2. The van der Waals surface area contributed by atoms with Crippen LogP contribution in [0.25, 0.3) is 0 Å². The summed E-state index contributed by atoms with van der Waals surface area (Å²) in [6.45, 7) is 0.136. The van der Waals surface area contributed by atoms with Crippen molar-refractivity contribution in [2.24, 2.45) is 0 Å². The second kappa shape index (κ2) is 9.92. The summed E-state index contributed by atoms with van der Waals surface area (Å²) in [5, 5.41) is 17.8. The van der Waals surface area contributed by atoms with Crippen LogP contribution in [0.4, 0.5) is 5.69 Å². The molecule has 0 heterocycles. The predicted octanol–water partition coefficient (Wildman–Crippen LogP) is 0.633. The van der Waals surface area contributed by atoms with E-state index in [1.165, 1.54) is 4.90 Å². The SMILES string of the molecule is CN(C(=O)CCCC(=O)N(CCO)CCO)c1ccccc1. The molecule has 1 aromatic rings. The normalized spacial score (nSPS) is 10.3. The number of amides is 2. The Kier molecular flexibility index (Phi) is 8.17. The van der Waals surface area contributed by atoms with Crippen LogP contribution in [-0.2, 0) is 9.59 Å². The van der Waals surface area contributed by atoms with Gasteiger partial charge in [0.05, 0.1) is 13.2 Å². The number of aliphatic hydroxyl groups excluding tert-OH is 2. The molecule has 0 aliphatic carbocycles. The maximum Gasteiger partial charge on any atom is 0.226 e. The van der Waals surface area contributed by atoms with Gasteiger partial charge >= 0.3 is 0 Å². The minimum atomic E-state index is -0.154. The molecule has 1 rings (SSSR count). The zero-order valence-electron chi connectivity index (χ0n) is 12.9. The quantitative estimate of drug-likeness (QED) is 0.701. The van der Waals surface area contributed by atoms with Gasteiger partial charge in [-0.05, 0) is 18.6 Å². The van der Waals surface area contributed by atoms with E-state index in [1.54, 1.807) is 11.9 Å². The Hall–Kier alpha value is -1.92. The van der Waals surface area contributed by atoms with Crippen LogP contribution >= 0.6 is 0 Å². The number of hydrogen-bond donors (Lipinski definition) is 2. The Labute approximate surface area is 131 Å². The molecule has 2 amide bonds. The average Bonchev–Trinajstić information content (AvgIpc) is 2.54. The number of para-hydroxylation sites is 1. The fourth-order valence-corrected chi connectivity index (χ4v) is 2.11. The van der Waals surface area contributed by atoms with E-state index in [0.717, 1.165) is 5.69 Å². The van der Waals surface area contributed by atoms with E-state index < -0.39 is 0 Å². The first-order valence-corrected chi connectivity index (χ1v) is 7.41. The van der Waals surface area contributed by atoms with Crippen molar-refractivity contribution in [1.82, 2.24) is 4.90 Å². The molecule has 0 fully saturated rings. The fourth-order valence-electron chi connectivity index (χ4n) is 2.11. The van der Waals surface area contributed by atoms with Crippen molar-refractivity contribution >= 4 is 17.5 Å². The molecule has 1 aromatic carbocycles. The summed E-state index contributed by atoms with van der Waals surface area (Å²) in [4.78, 5) is 27.0. The van der Waals surface area contributed by atoms with Crippen LogP contribution in [-0.4, -0.2) is 60.3 Å². The first kappa shape index (κ1) is 18.1. The summed E-state index contributed by atoms with van der Waals surface area (Å²) < 4.78 is 0. The molecule has 0 aromatic heterocycles. The van der Waals surface area contributed by atoms with Crippen molar-refractivity contribution in [2.45, 2.75) is 19.3 Å². The van der Waals surface area contributed by atoms with Crippen molar-refractivity contribution in [2.75, 3.05) is 38.3 Å². The largest absolute Gasteiger partial charge is 0.395 e. The van der Waals surface area contributed by atoms with Crippen molar-refractivity contribution < 1.29 is 19.8 Å². The maximum absolute atomic E-state index is 12.1. The van der Waals surface area contributed by atoms with Gasteiger partial charge in [-0.3, -0.25) is 9.59 Å². The molecular formula is C16H24N2O4. The highest BCUT2D eigenvalue weighted by molar-refractivity contribution is 5.92. The van der Waals surface area contributed by atoms with Crippen molar-refractivity contribution in [3.63, 3.8) is 0 Å². The highest BCUT2D eigenvalue weighted by atomic mass is 16.3. The average molecular weight is 308 g/mol. The lowest BCUT2D eigenvalue weighted by molar-refractivity contribution is -0.132. The minimum Gasteiger partial charge on any atom is -0.395 e. The van der Waals surface area contributed by atoms with Gasteiger partial charge in [-0.25, -0.2) is 0 Å². The van der Waals surface area contributed by atoms with Gasteiger partial charge in [0.1, 0.15) is 0 Å². The summed E-state index contributed by atoms with van der Waals surface area (Å²) in [7, 11) is 1.71. The first-order valence-electron chi connectivity index (χ1n) is 7.41. The summed E-state index contributed by atoms with van der Waals surface area (Å²) in [5.74, 6) is -0.201. The molecule has 0 saturated heterocycles. The van der Waals surface area contributed by atoms with E-state index in [0.29, 0.717) is 6.42 Å². The fraction of sp³-hybridized carbons (Fsp3) is 0.500. The summed E-state index contributed by atoms with van der Waals surface area (Å²) in [6.07, 6.45) is 0.958. The Morgan fingerprint density at radius 2 is 1.50 bits per heavy atom. The molecule has 0 saturated carbocycles. The zero-order chi connectivity index (χ0) is 16.4. The van der Waals surface area contributed by atoms with E-state index in [-0.39, 0.29) is 51.0 Å². The molecule has 2 N–H and O–H groups in total. The van der Waals surface area contributed by atoms with E-state index in [2.05, 4.69) is 0 Å². The van der Waals surface area contributed by atoms with Crippen molar-refractivity contribution in [3.05, 3.63) is 30.3 Å². The number of benzene rings is 1. The Bertz CT molecular complexity index is 458. The second-order valence-electron chi connectivity index (χ2n) is 4.97. The molecule has 0 bridgehead atoms.